The summed E-state index contributed by atoms with van der Waals surface area (Å²) in [6, 6.07) is 50.5. The van der Waals surface area contributed by atoms with Crippen molar-refractivity contribution < 1.29 is 4.42 Å². The topological polar surface area (TPSA) is 62.7 Å². The standard InChI is InChI=1S/C50H33N3O/c1-31-21-24-33-13-9-19-42(44(33)27-31)46-38-14-5-7-16-40(38)47(41-17-8-6-15-39(41)46)50-52-29-36(30-53-50)48-45(35-11-3-2-4-12-35)43-20-10-18-37(49(43)54-48)34-25-22-32(28-51)23-26-34/h2-26,29-31H,27H2,1H3. The van der Waals surface area contributed by atoms with Gasteiger partial charge < -0.3 is 4.42 Å². The fourth-order valence-corrected chi connectivity index (χ4v) is 8.28. The molecule has 0 saturated heterocycles. The number of furan rings is 1. The van der Waals surface area contributed by atoms with Crippen LogP contribution in [0, 0.1) is 17.2 Å². The van der Waals surface area contributed by atoms with Gasteiger partial charge in [0.25, 0.3) is 0 Å². The Hall–Kier alpha value is -7.09. The molecule has 54 heavy (non-hydrogen) atoms. The Labute approximate surface area is 313 Å². The molecule has 4 heteroatoms. The highest BCUT2D eigenvalue weighted by molar-refractivity contribution is 6.21. The average Bonchev–Trinajstić information content (AvgIpc) is 3.63. The number of hydrogen-bond donors (Lipinski definition) is 0. The van der Waals surface area contributed by atoms with E-state index in [9.17, 15) is 5.26 Å². The Morgan fingerprint density at radius 2 is 1.19 bits per heavy atom. The van der Waals surface area contributed by atoms with Crippen molar-refractivity contribution in [3.8, 4) is 62.2 Å². The second-order valence-electron chi connectivity index (χ2n) is 14.1. The molecule has 1 unspecified atom stereocenters. The second kappa shape index (κ2) is 12.8. The van der Waals surface area contributed by atoms with Crippen LogP contribution in [0.1, 0.15) is 23.6 Å². The minimum atomic E-state index is 0.485. The molecule has 1 atom stereocenters. The third-order valence-corrected chi connectivity index (χ3v) is 10.8. The fourth-order valence-electron chi connectivity index (χ4n) is 8.28. The van der Waals surface area contributed by atoms with Crippen LogP contribution in [-0.2, 0) is 6.42 Å². The first kappa shape index (κ1) is 31.6. The summed E-state index contributed by atoms with van der Waals surface area (Å²) in [5, 5.41) is 15.0. The van der Waals surface area contributed by atoms with Crippen LogP contribution in [0.3, 0.4) is 0 Å². The Morgan fingerprint density at radius 1 is 0.574 bits per heavy atom. The first-order chi connectivity index (χ1) is 26.7. The number of nitriles is 1. The van der Waals surface area contributed by atoms with E-state index in [1.54, 1.807) is 0 Å². The smallest absolute Gasteiger partial charge is 0.160 e. The monoisotopic (exact) mass is 691 g/mol. The molecule has 0 saturated carbocycles. The van der Waals surface area contributed by atoms with Crippen molar-refractivity contribution in [2.45, 2.75) is 13.3 Å². The van der Waals surface area contributed by atoms with Crippen molar-refractivity contribution in [1.29, 1.82) is 5.26 Å². The van der Waals surface area contributed by atoms with Crippen LogP contribution in [0.15, 0.2) is 162 Å². The number of allylic oxidation sites excluding steroid dienone is 1. The van der Waals surface area contributed by atoms with E-state index >= 15 is 0 Å². The number of benzene rings is 7. The highest BCUT2D eigenvalue weighted by Gasteiger charge is 2.24. The lowest BCUT2D eigenvalue weighted by Gasteiger charge is -2.23. The number of fused-ring (bicyclic) bond motifs is 4. The predicted octanol–water partition coefficient (Wildman–Crippen LogP) is 12.9. The molecule has 0 bridgehead atoms. The summed E-state index contributed by atoms with van der Waals surface area (Å²) >= 11 is 0. The highest BCUT2D eigenvalue weighted by atomic mass is 16.3. The zero-order valence-electron chi connectivity index (χ0n) is 29.6. The van der Waals surface area contributed by atoms with E-state index in [0.29, 0.717) is 23.1 Å². The first-order valence-electron chi connectivity index (χ1n) is 18.3. The van der Waals surface area contributed by atoms with Crippen LogP contribution in [0.4, 0.5) is 0 Å². The molecule has 9 aromatic rings. The SMILES string of the molecule is CC1C=Cc2cccc(-c3c4ccccc4c(-c4ncc(-c5oc6c(-c7ccc(C#N)cc7)cccc6c5-c5ccccc5)cn4)c4ccccc34)c2C1. The maximum Gasteiger partial charge on any atom is 0.160 e. The molecule has 7 aromatic carbocycles. The van der Waals surface area contributed by atoms with E-state index < -0.39 is 0 Å². The minimum Gasteiger partial charge on any atom is -0.455 e. The average molecular weight is 692 g/mol. The van der Waals surface area contributed by atoms with Gasteiger partial charge in [0.2, 0.25) is 0 Å². The number of aromatic nitrogens is 2. The maximum atomic E-state index is 9.38. The molecule has 254 valence electrons. The van der Waals surface area contributed by atoms with E-state index in [1.165, 1.54) is 33.0 Å². The number of para-hydroxylation sites is 1. The molecule has 0 spiro atoms. The van der Waals surface area contributed by atoms with Crippen molar-refractivity contribution in [2.75, 3.05) is 0 Å². The van der Waals surface area contributed by atoms with Gasteiger partial charge in [-0.25, -0.2) is 9.97 Å². The zero-order chi connectivity index (χ0) is 36.2. The molecular weight excluding hydrogens is 659 g/mol. The Morgan fingerprint density at radius 3 is 1.87 bits per heavy atom. The molecule has 0 N–H and O–H groups in total. The molecule has 10 rings (SSSR count). The summed E-state index contributed by atoms with van der Waals surface area (Å²) in [6.45, 7) is 2.29. The van der Waals surface area contributed by atoms with E-state index in [0.717, 1.165) is 61.5 Å². The zero-order valence-corrected chi connectivity index (χ0v) is 29.6. The number of hydrogen-bond acceptors (Lipinski definition) is 4. The van der Waals surface area contributed by atoms with Gasteiger partial charge >= 0.3 is 0 Å². The number of nitrogens with zero attached hydrogens (tertiary/aromatic N) is 3. The van der Waals surface area contributed by atoms with Gasteiger partial charge in [-0.3, -0.25) is 0 Å². The first-order valence-corrected chi connectivity index (χ1v) is 18.3. The van der Waals surface area contributed by atoms with Gasteiger partial charge in [0.15, 0.2) is 5.82 Å². The van der Waals surface area contributed by atoms with Crippen molar-refractivity contribution in [3.05, 3.63) is 175 Å². The van der Waals surface area contributed by atoms with Crippen LogP contribution >= 0.6 is 0 Å². The molecule has 2 aromatic heterocycles. The van der Waals surface area contributed by atoms with Gasteiger partial charge in [0.05, 0.1) is 17.2 Å². The molecule has 1 aliphatic rings. The summed E-state index contributed by atoms with van der Waals surface area (Å²) < 4.78 is 6.84. The second-order valence-corrected chi connectivity index (χ2v) is 14.1. The van der Waals surface area contributed by atoms with Crippen molar-refractivity contribution in [2.24, 2.45) is 5.92 Å². The van der Waals surface area contributed by atoms with Gasteiger partial charge in [0, 0.05) is 34.5 Å². The maximum absolute atomic E-state index is 9.38. The summed E-state index contributed by atoms with van der Waals surface area (Å²) in [5.41, 5.74) is 12.4. The Balaban J connectivity index is 1.16. The fraction of sp³-hybridized carbons (Fsp3) is 0.0600. The summed E-state index contributed by atoms with van der Waals surface area (Å²) in [4.78, 5) is 10.2. The molecule has 0 aliphatic heterocycles. The van der Waals surface area contributed by atoms with Crippen LogP contribution in [-0.4, -0.2) is 9.97 Å². The predicted molar refractivity (Wildman–Crippen MR) is 221 cm³/mol. The van der Waals surface area contributed by atoms with E-state index in [4.69, 9.17) is 14.4 Å². The largest absolute Gasteiger partial charge is 0.455 e. The third-order valence-electron chi connectivity index (χ3n) is 10.8. The third kappa shape index (κ3) is 5.13. The molecule has 1 aliphatic carbocycles. The lowest BCUT2D eigenvalue weighted by atomic mass is 9.81. The van der Waals surface area contributed by atoms with Crippen molar-refractivity contribution in [3.63, 3.8) is 0 Å². The molecule has 0 radical (unpaired) electrons. The van der Waals surface area contributed by atoms with Gasteiger partial charge in [0.1, 0.15) is 11.3 Å². The Bertz CT molecular complexity index is 2910. The van der Waals surface area contributed by atoms with Crippen LogP contribution in [0.5, 0.6) is 0 Å². The number of rotatable bonds is 5. The summed E-state index contributed by atoms with van der Waals surface area (Å²) in [5.74, 6) is 1.87. The van der Waals surface area contributed by atoms with Crippen molar-refractivity contribution >= 4 is 38.6 Å². The normalized spacial score (nSPS) is 13.7. The molecule has 0 fully saturated rings. The lowest BCUT2D eigenvalue weighted by Crippen LogP contribution is -2.05. The summed E-state index contributed by atoms with van der Waals surface area (Å²) in [7, 11) is 0. The van der Waals surface area contributed by atoms with Gasteiger partial charge in [-0.15, -0.1) is 0 Å². The summed E-state index contributed by atoms with van der Waals surface area (Å²) in [6.07, 6.45) is 9.40. The minimum absolute atomic E-state index is 0.485. The van der Waals surface area contributed by atoms with Crippen LogP contribution in [0.2, 0.25) is 0 Å². The van der Waals surface area contributed by atoms with Gasteiger partial charge in [-0.05, 0) is 79.4 Å². The van der Waals surface area contributed by atoms with Crippen molar-refractivity contribution in [1.82, 2.24) is 9.97 Å². The Kier molecular flexibility index (Phi) is 7.52. The van der Waals surface area contributed by atoms with E-state index in [-0.39, 0.29) is 0 Å². The molecule has 0 amide bonds. The highest BCUT2D eigenvalue weighted by Crippen LogP contribution is 2.47. The molecular formula is C50H33N3O. The lowest BCUT2D eigenvalue weighted by molar-refractivity contribution is 0.632. The van der Waals surface area contributed by atoms with Gasteiger partial charge in [-0.2, -0.15) is 5.26 Å². The van der Waals surface area contributed by atoms with E-state index in [2.05, 4.69) is 122 Å². The molecule has 2 heterocycles. The quantitative estimate of drug-likeness (QED) is 0.169. The van der Waals surface area contributed by atoms with Crippen LogP contribution < -0.4 is 0 Å². The van der Waals surface area contributed by atoms with E-state index in [1.807, 2.05) is 54.9 Å². The van der Waals surface area contributed by atoms with Crippen LogP contribution in [0.25, 0.3) is 94.7 Å². The van der Waals surface area contributed by atoms with Gasteiger partial charge in [-0.1, -0.05) is 146 Å². The molecule has 4 nitrogen and oxygen atoms in total.